The van der Waals surface area contributed by atoms with Crippen LogP contribution in [0.15, 0.2) is 54.6 Å². The molecule has 0 aliphatic rings. The average Bonchev–Trinajstić information content (AvgIpc) is 2.47. The molecule has 2 rings (SSSR count). The third-order valence-electron chi connectivity index (χ3n) is 2.99. The Morgan fingerprint density at radius 3 is 2.35 bits per heavy atom. The summed E-state index contributed by atoms with van der Waals surface area (Å²) in [5, 5.41) is 0. The van der Waals surface area contributed by atoms with Crippen molar-refractivity contribution in [2.75, 3.05) is 6.61 Å². The molecule has 0 atom stereocenters. The van der Waals surface area contributed by atoms with Gasteiger partial charge in [0.1, 0.15) is 5.75 Å². The van der Waals surface area contributed by atoms with Crippen LogP contribution in [-0.4, -0.2) is 12.4 Å². The summed E-state index contributed by atoms with van der Waals surface area (Å²) in [6.45, 7) is 4.88. The lowest BCUT2D eigenvalue weighted by Crippen LogP contribution is -2.09. The molecule has 0 aliphatic heterocycles. The summed E-state index contributed by atoms with van der Waals surface area (Å²) in [6, 6.07) is 17.1. The van der Waals surface area contributed by atoms with Gasteiger partial charge in [-0.2, -0.15) is 0 Å². The molecular formula is C18H20O2. The molecule has 0 N–H and O–H groups in total. The van der Waals surface area contributed by atoms with Crippen LogP contribution < -0.4 is 4.74 Å². The van der Waals surface area contributed by atoms with Crippen LogP contribution in [0.3, 0.4) is 0 Å². The Bertz CT molecular complexity index is 559. The molecular weight excluding hydrogens is 248 g/mol. The van der Waals surface area contributed by atoms with E-state index in [4.69, 9.17) is 4.74 Å². The number of Topliss-reactive ketones (excluding diaryl/α,β-unsaturated/α-hetero) is 1. The highest BCUT2D eigenvalue weighted by Crippen LogP contribution is 2.20. The van der Waals surface area contributed by atoms with Gasteiger partial charge < -0.3 is 4.74 Å². The molecule has 0 amide bonds. The van der Waals surface area contributed by atoms with Crippen LogP contribution in [0.4, 0.5) is 0 Å². The van der Waals surface area contributed by atoms with E-state index in [1.165, 1.54) is 0 Å². The smallest absolute Gasteiger partial charge is 0.167 e. The minimum absolute atomic E-state index is 0.117. The summed E-state index contributed by atoms with van der Waals surface area (Å²) >= 11 is 0. The summed E-state index contributed by atoms with van der Waals surface area (Å²) in [4.78, 5) is 12.2. The normalized spacial score (nSPS) is 10.6. The summed E-state index contributed by atoms with van der Waals surface area (Å²) < 4.78 is 5.78. The molecule has 2 aromatic rings. The molecule has 2 nitrogen and oxygen atoms in total. The van der Waals surface area contributed by atoms with E-state index < -0.39 is 0 Å². The van der Waals surface area contributed by atoms with Gasteiger partial charge in [0, 0.05) is 17.5 Å². The lowest BCUT2D eigenvalue weighted by atomic mass is 10.0. The fourth-order valence-electron chi connectivity index (χ4n) is 1.95. The lowest BCUT2D eigenvalue weighted by Gasteiger charge is -2.12. The molecule has 2 heteroatoms. The van der Waals surface area contributed by atoms with Gasteiger partial charge in [0.15, 0.2) is 5.78 Å². The van der Waals surface area contributed by atoms with Gasteiger partial charge in [0.2, 0.25) is 0 Å². The Balaban J connectivity index is 2.11. The molecule has 0 saturated heterocycles. The largest absolute Gasteiger partial charge is 0.493 e. The molecule has 0 radical (unpaired) electrons. The van der Waals surface area contributed by atoms with E-state index in [-0.39, 0.29) is 5.78 Å². The van der Waals surface area contributed by atoms with Gasteiger partial charge in [0.05, 0.1) is 6.61 Å². The zero-order chi connectivity index (χ0) is 14.4. The number of ketones is 1. The van der Waals surface area contributed by atoms with Crippen molar-refractivity contribution in [2.24, 2.45) is 5.92 Å². The van der Waals surface area contributed by atoms with Crippen molar-refractivity contribution >= 4 is 5.78 Å². The minimum atomic E-state index is 0.117. The van der Waals surface area contributed by atoms with E-state index in [2.05, 4.69) is 13.8 Å². The molecule has 0 aliphatic carbocycles. The number of hydrogen-bond donors (Lipinski definition) is 0. The molecule has 0 unspecified atom stereocenters. The maximum absolute atomic E-state index is 12.2. The van der Waals surface area contributed by atoms with Gasteiger partial charge in [-0.3, -0.25) is 4.79 Å². The van der Waals surface area contributed by atoms with Crippen LogP contribution in [0.25, 0.3) is 0 Å². The molecule has 20 heavy (non-hydrogen) atoms. The topological polar surface area (TPSA) is 26.3 Å². The average molecular weight is 268 g/mol. The molecule has 0 fully saturated rings. The van der Waals surface area contributed by atoms with Gasteiger partial charge in [-0.15, -0.1) is 0 Å². The molecule has 0 spiro atoms. The monoisotopic (exact) mass is 268 g/mol. The molecule has 0 aromatic heterocycles. The summed E-state index contributed by atoms with van der Waals surface area (Å²) in [6.07, 6.45) is 0.373. The Morgan fingerprint density at radius 2 is 1.65 bits per heavy atom. The lowest BCUT2D eigenvalue weighted by molar-refractivity contribution is 0.0991. The third kappa shape index (κ3) is 3.95. The van der Waals surface area contributed by atoms with Crippen LogP contribution in [0.2, 0.25) is 0 Å². The SMILES string of the molecule is CC(C)COc1ccccc1CC(=O)c1ccccc1. The molecule has 2 aromatic carbocycles. The summed E-state index contributed by atoms with van der Waals surface area (Å²) in [7, 11) is 0. The Kier molecular flexibility index (Phi) is 4.94. The van der Waals surface area contributed by atoms with Crippen LogP contribution in [-0.2, 0) is 6.42 Å². The predicted octanol–water partition coefficient (Wildman–Crippen LogP) is 4.15. The Morgan fingerprint density at radius 1 is 1.00 bits per heavy atom. The second-order valence-electron chi connectivity index (χ2n) is 5.28. The van der Waals surface area contributed by atoms with Crippen LogP contribution in [0.1, 0.15) is 29.8 Å². The van der Waals surface area contributed by atoms with E-state index in [1.54, 1.807) is 0 Å². The van der Waals surface area contributed by atoms with E-state index >= 15 is 0 Å². The van der Waals surface area contributed by atoms with Crippen LogP contribution in [0.5, 0.6) is 5.75 Å². The quantitative estimate of drug-likeness (QED) is 0.736. The number of rotatable bonds is 6. The Labute approximate surface area is 120 Å². The van der Waals surface area contributed by atoms with E-state index in [9.17, 15) is 4.79 Å². The first-order valence-corrected chi connectivity index (χ1v) is 6.96. The first-order chi connectivity index (χ1) is 9.66. The highest BCUT2D eigenvalue weighted by Gasteiger charge is 2.10. The highest BCUT2D eigenvalue weighted by molar-refractivity contribution is 5.97. The number of carbonyl (C=O) groups is 1. The summed E-state index contributed by atoms with van der Waals surface area (Å²) in [5.74, 6) is 1.39. The first kappa shape index (κ1) is 14.3. The number of ether oxygens (including phenoxy) is 1. The van der Waals surface area contributed by atoms with Crippen molar-refractivity contribution in [3.63, 3.8) is 0 Å². The van der Waals surface area contributed by atoms with Gasteiger partial charge in [-0.1, -0.05) is 62.4 Å². The molecule has 0 saturated carbocycles. The van der Waals surface area contributed by atoms with Crippen molar-refractivity contribution < 1.29 is 9.53 Å². The van der Waals surface area contributed by atoms with Gasteiger partial charge in [-0.05, 0) is 12.0 Å². The maximum atomic E-state index is 12.2. The number of para-hydroxylation sites is 1. The van der Waals surface area contributed by atoms with Gasteiger partial charge in [-0.25, -0.2) is 0 Å². The van der Waals surface area contributed by atoms with Gasteiger partial charge >= 0.3 is 0 Å². The van der Waals surface area contributed by atoms with E-state index in [0.717, 1.165) is 16.9 Å². The van der Waals surface area contributed by atoms with Crippen LogP contribution >= 0.6 is 0 Å². The molecule has 0 heterocycles. The Hall–Kier alpha value is -2.09. The van der Waals surface area contributed by atoms with Gasteiger partial charge in [0.25, 0.3) is 0 Å². The van der Waals surface area contributed by atoms with E-state index in [1.807, 2.05) is 54.6 Å². The standard InChI is InChI=1S/C18H20O2/c1-14(2)13-20-18-11-7-6-10-16(18)12-17(19)15-8-4-3-5-9-15/h3-11,14H,12-13H2,1-2H3. The van der Waals surface area contributed by atoms with Crippen molar-refractivity contribution in [1.29, 1.82) is 0 Å². The van der Waals surface area contributed by atoms with E-state index in [0.29, 0.717) is 18.9 Å². The zero-order valence-corrected chi connectivity index (χ0v) is 12.0. The maximum Gasteiger partial charge on any atom is 0.167 e. The van der Waals surface area contributed by atoms with Crippen molar-refractivity contribution in [2.45, 2.75) is 20.3 Å². The van der Waals surface area contributed by atoms with Crippen molar-refractivity contribution in [1.82, 2.24) is 0 Å². The number of hydrogen-bond acceptors (Lipinski definition) is 2. The van der Waals surface area contributed by atoms with Crippen molar-refractivity contribution in [3.05, 3.63) is 65.7 Å². The van der Waals surface area contributed by atoms with Crippen molar-refractivity contribution in [3.8, 4) is 5.75 Å². The summed E-state index contributed by atoms with van der Waals surface area (Å²) in [5.41, 5.74) is 1.69. The highest BCUT2D eigenvalue weighted by atomic mass is 16.5. The molecule has 0 bridgehead atoms. The molecule has 104 valence electrons. The fourth-order valence-corrected chi connectivity index (χ4v) is 1.95. The first-order valence-electron chi connectivity index (χ1n) is 6.96. The van der Waals surface area contributed by atoms with Crippen LogP contribution in [0, 0.1) is 5.92 Å². The predicted molar refractivity (Wildman–Crippen MR) is 81.3 cm³/mol. The fraction of sp³-hybridized carbons (Fsp3) is 0.278. The minimum Gasteiger partial charge on any atom is -0.493 e. The number of carbonyl (C=O) groups excluding carboxylic acids is 1. The zero-order valence-electron chi connectivity index (χ0n) is 12.0. The second kappa shape index (κ2) is 6.90. The third-order valence-corrected chi connectivity index (χ3v) is 2.99. The second-order valence-corrected chi connectivity index (χ2v) is 5.28. The number of benzene rings is 2.